The van der Waals surface area contributed by atoms with Crippen LogP contribution in [0.15, 0.2) is 60.9 Å². The maximum absolute atomic E-state index is 12.7. The number of ketones is 1. The van der Waals surface area contributed by atoms with Gasteiger partial charge in [-0.2, -0.15) is 0 Å². The minimum Gasteiger partial charge on any atom is -0.497 e. The van der Waals surface area contributed by atoms with Crippen molar-refractivity contribution in [1.29, 1.82) is 0 Å². The molecule has 4 rings (SSSR count). The number of aromatic nitrogens is 2. The molecule has 1 aliphatic rings. The number of pyridine rings is 1. The fraction of sp³-hybridized carbons (Fsp3) is 0.227. The van der Waals surface area contributed by atoms with Crippen molar-refractivity contribution in [1.82, 2.24) is 9.55 Å². The summed E-state index contributed by atoms with van der Waals surface area (Å²) >= 11 is 0. The van der Waals surface area contributed by atoms with Crippen LogP contribution in [-0.4, -0.2) is 41.4 Å². The monoisotopic (exact) mass is 390 g/mol. The molecule has 148 valence electrons. The normalized spacial score (nSPS) is 12.7. The highest BCUT2D eigenvalue weighted by molar-refractivity contribution is 6.00. The van der Waals surface area contributed by atoms with Crippen molar-refractivity contribution in [3.8, 4) is 11.4 Å². The Morgan fingerprint density at radius 2 is 2.10 bits per heavy atom. The fourth-order valence-electron chi connectivity index (χ4n) is 3.51. The molecule has 29 heavy (non-hydrogen) atoms. The molecule has 0 aliphatic carbocycles. The van der Waals surface area contributed by atoms with Gasteiger partial charge in [0.2, 0.25) is 5.91 Å². The van der Waals surface area contributed by atoms with E-state index in [1.807, 2.05) is 58.1 Å². The zero-order valence-electron chi connectivity index (χ0n) is 16.2. The first-order valence-corrected chi connectivity index (χ1v) is 9.50. The lowest BCUT2D eigenvalue weighted by atomic mass is 10.2. The first-order valence-electron chi connectivity index (χ1n) is 9.50. The van der Waals surface area contributed by atoms with Crippen LogP contribution in [-0.2, 0) is 4.79 Å². The summed E-state index contributed by atoms with van der Waals surface area (Å²) in [5.74, 6) is 1.40. The number of hydrogen-bond donors (Lipinski definition) is 1. The minimum atomic E-state index is -0.0769. The van der Waals surface area contributed by atoms with E-state index in [1.165, 1.54) is 0 Å². The molecule has 0 saturated carbocycles. The summed E-state index contributed by atoms with van der Waals surface area (Å²) in [7, 11) is 1.59. The van der Waals surface area contributed by atoms with Gasteiger partial charge in [-0.05, 0) is 42.8 Å². The molecule has 0 radical (unpaired) electrons. The number of Topliss-reactive ketones (excluding diaryl/α,β-unsaturated/α-hetero) is 1. The summed E-state index contributed by atoms with van der Waals surface area (Å²) in [4.78, 5) is 31.4. The van der Waals surface area contributed by atoms with Crippen molar-refractivity contribution < 1.29 is 14.3 Å². The summed E-state index contributed by atoms with van der Waals surface area (Å²) < 4.78 is 7.05. The molecular weight excluding hydrogens is 368 g/mol. The Kier molecular flexibility index (Phi) is 5.29. The first-order chi connectivity index (χ1) is 14.2. The number of ether oxygens (including phenoxy) is 1. The van der Waals surface area contributed by atoms with Gasteiger partial charge in [-0.3, -0.25) is 9.59 Å². The average Bonchev–Trinajstić information content (AvgIpc) is 3.19. The van der Waals surface area contributed by atoms with Gasteiger partial charge in [-0.1, -0.05) is 6.07 Å². The number of methoxy groups -OCH3 is 1. The van der Waals surface area contributed by atoms with Crippen molar-refractivity contribution in [3.63, 3.8) is 0 Å². The highest BCUT2D eigenvalue weighted by Crippen LogP contribution is 2.27. The topological polar surface area (TPSA) is 76.5 Å². The number of carbonyl (C=O) groups excluding carboxylic acids is 2. The van der Waals surface area contributed by atoms with Crippen molar-refractivity contribution in [2.75, 3.05) is 30.4 Å². The standard InChI is InChI=1S/C22H22N4O3/c1-29-17-7-2-6-16(14-17)24-21(28)10-5-12-25-15-20(27)18-9-4-13-26(18)19-8-3-11-23-22(19)25/h2-4,6-9,11,13-14H,5,10,12,15H2,1H3,(H,24,28). The SMILES string of the molecule is COc1cccc(NC(=O)CCCN2CC(=O)c3cccn3-c3cccnc32)c1. The van der Waals surface area contributed by atoms with Crippen molar-refractivity contribution >= 4 is 23.2 Å². The lowest BCUT2D eigenvalue weighted by Gasteiger charge is -2.22. The Labute approximate surface area is 168 Å². The zero-order chi connectivity index (χ0) is 20.2. The molecule has 0 spiro atoms. The van der Waals surface area contributed by atoms with Crippen LogP contribution in [0.5, 0.6) is 5.75 Å². The molecule has 3 heterocycles. The second-order valence-corrected chi connectivity index (χ2v) is 6.84. The largest absolute Gasteiger partial charge is 0.497 e. The van der Waals surface area contributed by atoms with E-state index >= 15 is 0 Å². The van der Waals surface area contributed by atoms with Gasteiger partial charge in [-0.25, -0.2) is 4.98 Å². The summed E-state index contributed by atoms with van der Waals surface area (Å²) in [5.41, 5.74) is 2.22. The molecule has 1 aromatic carbocycles. The maximum atomic E-state index is 12.7. The molecule has 7 nitrogen and oxygen atoms in total. The van der Waals surface area contributed by atoms with Crippen LogP contribution in [0.2, 0.25) is 0 Å². The quantitative estimate of drug-likeness (QED) is 0.699. The van der Waals surface area contributed by atoms with Crippen LogP contribution in [0.3, 0.4) is 0 Å². The lowest BCUT2D eigenvalue weighted by molar-refractivity contribution is -0.116. The van der Waals surface area contributed by atoms with Crippen molar-refractivity contribution in [3.05, 3.63) is 66.6 Å². The van der Waals surface area contributed by atoms with E-state index in [1.54, 1.807) is 19.4 Å². The minimum absolute atomic E-state index is 0.0360. The maximum Gasteiger partial charge on any atom is 0.224 e. The number of carbonyl (C=O) groups is 2. The molecular formula is C22H22N4O3. The van der Waals surface area contributed by atoms with Gasteiger partial charge in [-0.15, -0.1) is 0 Å². The third kappa shape index (κ3) is 3.99. The van der Waals surface area contributed by atoms with E-state index < -0.39 is 0 Å². The first kappa shape index (κ1) is 18.7. The van der Waals surface area contributed by atoms with Gasteiger partial charge >= 0.3 is 0 Å². The Morgan fingerprint density at radius 3 is 2.97 bits per heavy atom. The molecule has 0 bridgehead atoms. The number of amides is 1. The third-order valence-electron chi connectivity index (χ3n) is 4.88. The molecule has 7 heteroatoms. The van der Waals surface area contributed by atoms with Crippen LogP contribution in [0.1, 0.15) is 23.3 Å². The summed E-state index contributed by atoms with van der Waals surface area (Å²) in [5, 5.41) is 2.88. The molecule has 2 aromatic heterocycles. The molecule has 1 aliphatic heterocycles. The van der Waals surface area contributed by atoms with Gasteiger partial charge in [0.25, 0.3) is 0 Å². The zero-order valence-corrected chi connectivity index (χ0v) is 16.2. The van der Waals surface area contributed by atoms with Crippen LogP contribution in [0.4, 0.5) is 11.5 Å². The number of nitrogens with one attached hydrogen (secondary N) is 1. The summed E-state index contributed by atoms with van der Waals surface area (Å²) in [6, 6.07) is 14.8. The average molecular weight is 390 g/mol. The van der Waals surface area contributed by atoms with Crippen LogP contribution in [0.25, 0.3) is 5.69 Å². The number of anilines is 2. The van der Waals surface area contributed by atoms with Gasteiger partial charge in [0.15, 0.2) is 11.6 Å². The van der Waals surface area contributed by atoms with E-state index in [4.69, 9.17) is 4.74 Å². The molecule has 0 fully saturated rings. The number of rotatable bonds is 6. The smallest absolute Gasteiger partial charge is 0.224 e. The number of nitrogens with zero attached hydrogens (tertiary/aromatic N) is 3. The highest BCUT2D eigenvalue weighted by Gasteiger charge is 2.25. The summed E-state index contributed by atoms with van der Waals surface area (Å²) in [6.07, 6.45) is 4.55. The van der Waals surface area contributed by atoms with Crippen molar-refractivity contribution in [2.24, 2.45) is 0 Å². The van der Waals surface area contributed by atoms with E-state index in [0.717, 1.165) is 11.5 Å². The van der Waals surface area contributed by atoms with E-state index in [-0.39, 0.29) is 18.2 Å². The number of fused-ring (bicyclic) bond motifs is 3. The van der Waals surface area contributed by atoms with Crippen LogP contribution in [0, 0.1) is 0 Å². The molecule has 1 amide bonds. The Morgan fingerprint density at radius 1 is 1.21 bits per heavy atom. The molecule has 3 aromatic rings. The van der Waals surface area contributed by atoms with Crippen molar-refractivity contribution in [2.45, 2.75) is 12.8 Å². The Balaban J connectivity index is 1.41. The second-order valence-electron chi connectivity index (χ2n) is 6.84. The number of hydrogen-bond acceptors (Lipinski definition) is 5. The predicted molar refractivity (Wildman–Crippen MR) is 111 cm³/mol. The van der Waals surface area contributed by atoms with Gasteiger partial charge in [0, 0.05) is 37.1 Å². The van der Waals surface area contributed by atoms with Gasteiger partial charge in [0.1, 0.15) is 5.75 Å². The van der Waals surface area contributed by atoms with Crippen LogP contribution < -0.4 is 15.0 Å². The van der Waals surface area contributed by atoms with Crippen LogP contribution >= 0.6 is 0 Å². The molecule has 1 N–H and O–H groups in total. The van der Waals surface area contributed by atoms with Gasteiger partial charge < -0.3 is 19.5 Å². The fourth-order valence-corrected chi connectivity index (χ4v) is 3.51. The summed E-state index contributed by atoms with van der Waals surface area (Å²) in [6.45, 7) is 0.803. The van der Waals surface area contributed by atoms with Gasteiger partial charge in [0.05, 0.1) is 25.0 Å². The second kappa shape index (κ2) is 8.18. The highest BCUT2D eigenvalue weighted by atomic mass is 16.5. The lowest BCUT2D eigenvalue weighted by Crippen LogP contribution is -2.31. The molecule has 0 saturated heterocycles. The Hall–Kier alpha value is -3.61. The van der Waals surface area contributed by atoms with E-state index in [9.17, 15) is 9.59 Å². The number of benzene rings is 1. The molecule has 0 atom stereocenters. The third-order valence-corrected chi connectivity index (χ3v) is 4.88. The van der Waals surface area contributed by atoms with E-state index in [0.29, 0.717) is 36.5 Å². The van der Waals surface area contributed by atoms with E-state index in [2.05, 4.69) is 10.3 Å². The molecule has 0 unspecified atom stereocenters. The predicted octanol–water partition coefficient (Wildman–Crippen LogP) is 3.30. The Bertz CT molecular complexity index is 1040.